The molecule has 8 nitrogen and oxygen atoms in total. The van der Waals surface area contributed by atoms with Gasteiger partial charge in [-0.3, -0.25) is 19.1 Å². The summed E-state index contributed by atoms with van der Waals surface area (Å²) in [5.74, 6) is 0.174. The predicted octanol–water partition coefficient (Wildman–Crippen LogP) is 1.99. The van der Waals surface area contributed by atoms with Crippen molar-refractivity contribution in [2.24, 2.45) is 0 Å². The Morgan fingerprint density at radius 2 is 2.00 bits per heavy atom. The number of amides is 1. The number of carbonyl (C=O) groups is 1. The van der Waals surface area contributed by atoms with E-state index >= 15 is 0 Å². The van der Waals surface area contributed by atoms with Crippen LogP contribution in [0.5, 0.6) is 5.75 Å². The molecule has 28 heavy (non-hydrogen) atoms. The average Bonchev–Trinajstić information content (AvgIpc) is 2.66. The number of nitrogen functional groups attached to an aromatic ring is 1. The Morgan fingerprint density at radius 3 is 2.68 bits per heavy atom. The number of aromatic amines is 1. The van der Waals surface area contributed by atoms with E-state index in [1.54, 1.807) is 6.08 Å². The third kappa shape index (κ3) is 4.70. The Balaban J connectivity index is 2.33. The van der Waals surface area contributed by atoms with E-state index in [2.05, 4.69) is 4.98 Å². The van der Waals surface area contributed by atoms with E-state index in [1.807, 2.05) is 38.1 Å². The molecular weight excluding hydrogens is 360 g/mol. The topological polar surface area (TPSA) is 110 Å². The smallest absolute Gasteiger partial charge is 0.330 e. The molecule has 8 heteroatoms. The molecule has 0 aliphatic carbocycles. The normalized spacial score (nSPS) is 11.0. The molecule has 0 bridgehead atoms. The van der Waals surface area contributed by atoms with E-state index in [0.29, 0.717) is 18.9 Å². The summed E-state index contributed by atoms with van der Waals surface area (Å²) in [6, 6.07) is 7.31. The van der Waals surface area contributed by atoms with Crippen molar-refractivity contribution < 1.29 is 9.53 Å². The van der Waals surface area contributed by atoms with Crippen molar-refractivity contribution in [3.8, 4) is 5.75 Å². The third-order valence-corrected chi connectivity index (χ3v) is 4.24. The van der Waals surface area contributed by atoms with Crippen molar-refractivity contribution in [2.45, 2.75) is 33.2 Å². The summed E-state index contributed by atoms with van der Waals surface area (Å²) in [6.45, 7) is 4.73. The summed E-state index contributed by atoms with van der Waals surface area (Å²) in [5.41, 5.74) is 5.44. The molecule has 150 valence electrons. The van der Waals surface area contributed by atoms with Crippen LogP contribution >= 0.6 is 0 Å². The minimum absolute atomic E-state index is 0.0267. The lowest BCUT2D eigenvalue weighted by Crippen LogP contribution is -2.38. The molecule has 1 heterocycles. The van der Waals surface area contributed by atoms with Gasteiger partial charge < -0.3 is 15.4 Å². The van der Waals surface area contributed by atoms with Crippen molar-refractivity contribution in [1.82, 2.24) is 9.55 Å². The Kier molecular flexibility index (Phi) is 7.20. The van der Waals surface area contributed by atoms with E-state index in [9.17, 15) is 14.4 Å². The summed E-state index contributed by atoms with van der Waals surface area (Å²) in [5, 5.41) is 0. The fourth-order valence-electron chi connectivity index (χ4n) is 2.73. The highest BCUT2D eigenvalue weighted by molar-refractivity contribution is 6.04. The number of unbranched alkanes of at least 4 members (excludes halogenated alkanes) is 1. The zero-order valence-corrected chi connectivity index (χ0v) is 16.4. The van der Waals surface area contributed by atoms with E-state index in [1.165, 1.54) is 17.7 Å². The second kappa shape index (κ2) is 9.59. The fourth-order valence-corrected chi connectivity index (χ4v) is 2.73. The number of aromatic nitrogens is 2. The molecule has 1 aromatic carbocycles. The minimum Gasteiger partial charge on any atom is -0.493 e. The summed E-state index contributed by atoms with van der Waals surface area (Å²) in [7, 11) is 1.44. The van der Waals surface area contributed by atoms with Crippen LogP contribution in [0.25, 0.3) is 6.08 Å². The molecule has 0 aliphatic heterocycles. The molecule has 0 saturated carbocycles. The van der Waals surface area contributed by atoms with Gasteiger partial charge in [0.25, 0.3) is 11.5 Å². The first-order valence-electron chi connectivity index (χ1n) is 9.20. The second-order valence-electron chi connectivity index (χ2n) is 6.20. The van der Waals surface area contributed by atoms with Crippen molar-refractivity contribution in [2.75, 3.05) is 24.3 Å². The Hall–Kier alpha value is -3.29. The van der Waals surface area contributed by atoms with Gasteiger partial charge in [-0.25, -0.2) is 4.79 Å². The molecule has 0 aliphatic rings. The molecule has 0 radical (unpaired) electrons. The number of likely N-dealkylation sites (N-methyl/N-ethyl adjacent to an activating group) is 1. The number of hydrogen-bond donors (Lipinski definition) is 2. The summed E-state index contributed by atoms with van der Waals surface area (Å²) < 4.78 is 6.81. The van der Waals surface area contributed by atoms with Gasteiger partial charge in [-0.2, -0.15) is 0 Å². The number of nitrogens with two attached hydrogens (primary N) is 1. The van der Waals surface area contributed by atoms with Crippen LogP contribution in [0, 0.1) is 0 Å². The van der Waals surface area contributed by atoms with Gasteiger partial charge >= 0.3 is 5.69 Å². The number of ether oxygens (including phenoxy) is 1. The van der Waals surface area contributed by atoms with Crippen LogP contribution in [0.4, 0.5) is 11.5 Å². The first-order valence-corrected chi connectivity index (χ1v) is 9.20. The van der Waals surface area contributed by atoms with Crippen LogP contribution in [0.1, 0.15) is 32.3 Å². The van der Waals surface area contributed by atoms with Gasteiger partial charge in [0.1, 0.15) is 11.6 Å². The molecule has 0 atom stereocenters. The zero-order chi connectivity index (χ0) is 20.7. The largest absolute Gasteiger partial charge is 0.493 e. The number of anilines is 2. The van der Waals surface area contributed by atoms with E-state index in [0.717, 1.165) is 23.3 Å². The van der Waals surface area contributed by atoms with Crippen molar-refractivity contribution in [3.05, 3.63) is 56.7 Å². The summed E-state index contributed by atoms with van der Waals surface area (Å²) in [6.07, 6.45) is 4.53. The van der Waals surface area contributed by atoms with E-state index in [-0.39, 0.29) is 11.5 Å². The molecule has 3 N–H and O–H groups in total. The standard InChI is InChI=1S/C20H26N4O4/c1-4-6-13-24-18(21)17(19(26)22-20(24)27)23(3)16(25)12-11-14-9-7-8-10-15(14)28-5-2/h7-12H,4-6,13,21H2,1-3H3,(H,22,26,27)/b12-11+. The molecule has 0 fully saturated rings. The van der Waals surface area contributed by atoms with Crippen LogP contribution in [0.3, 0.4) is 0 Å². The van der Waals surface area contributed by atoms with E-state index in [4.69, 9.17) is 10.5 Å². The van der Waals surface area contributed by atoms with Gasteiger partial charge in [-0.1, -0.05) is 31.5 Å². The molecule has 0 unspecified atom stereocenters. The number of benzene rings is 1. The highest BCUT2D eigenvalue weighted by Gasteiger charge is 2.19. The molecule has 0 saturated heterocycles. The summed E-state index contributed by atoms with van der Waals surface area (Å²) in [4.78, 5) is 40.2. The maximum Gasteiger partial charge on any atom is 0.330 e. The molecule has 1 aromatic heterocycles. The van der Waals surface area contributed by atoms with Gasteiger partial charge in [-0.05, 0) is 25.5 Å². The zero-order valence-electron chi connectivity index (χ0n) is 16.4. The van der Waals surface area contributed by atoms with Crippen molar-refractivity contribution >= 4 is 23.5 Å². The monoisotopic (exact) mass is 386 g/mol. The quantitative estimate of drug-likeness (QED) is 0.674. The summed E-state index contributed by atoms with van der Waals surface area (Å²) >= 11 is 0. The average molecular weight is 386 g/mol. The molecule has 0 spiro atoms. The Bertz CT molecular complexity index is 975. The Labute approximate surface area is 163 Å². The number of para-hydroxylation sites is 1. The van der Waals surface area contributed by atoms with Gasteiger partial charge in [0.2, 0.25) is 0 Å². The molecular formula is C20H26N4O4. The van der Waals surface area contributed by atoms with Crippen LogP contribution in [0.15, 0.2) is 39.9 Å². The van der Waals surface area contributed by atoms with Crippen molar-refractivity contribution in [1.29, 1.82) is 0 Å². The number of nitrogens with zero attached hydrogens (tertiary/aromatic N) is 2. The van der Waals surface area contributed by atoms with Crippen LogP contribution in [0.2, 0.25) is 0 Å². The van der Waals surface area contributed by atoms with E-state index < -0.39 is 17.2 Å². The lowest BCUT2D eigenvalue weighted by atomic mass is 10.2. The number of carbonyl (C=O) groups excluding carboxylic acids is 1. The predicted molar refractivity (Wildman–Crippen MR) is 111 cm³/mol. The first kappa shape index (κ1) is 21.0. The minimum atomic E-state index is -0.700. The highest BCUT2D eigenvalue weighted by Crippen LogP contribution is 2.20. The maximum atomic E-state index is 12.6. The Morgan fingerprint density at radius 1 is 1.29 bits per heavy atom. The van der Waals surface area contributed by atoms with Crippen molar-refractivity contribution in [3.63, 3.8) is 0 Å². The third-order valence-electron chi connectivity index (χ3n) is 4.24. The second-order valence-corrected chi connectivity index (χ2v) is 6.20. The molecule has 2 aromatic rings. The van der Waals surface area contributed by atoms with Gasteiger partial charge in [-0.15, -0.1) is 0 Å². The van der Waals surface area contributed by atoms with Gasteiger partial charge in [0, 0.05) is 25.2 Å². The van der Waals surface area contributed by atoms with Crippen LogP contribution in [-0.2, 0) is 11.3 Å². The van der Waals surface area contributed by atoms with Crippen LogP contribution in [-0.4, -0.2) is 29.1 Å². The van der Waals surface area contributed by atoms with Gasteiger partial charge in [0.05, 0.1) is 6.61 Å². The highest BCUT2D eigenvalue weighted by atomic mass is 16.5. The van der Waals surface area contributed by atoms with Crippen LogP contribution < -0.4 is 26.6 Å². The SMILES string of the molecule is CCCCn1c(N)c(N(C)C(=O)/C=C/c2ccccc2OCC)c(=O)[nH]c1=O. The van der Waals surface area contributed by atoms with Gasteiger partial charge in [0.15, 0.2) is 5.69 Å². The molecule has 2 rings (SSSR count). The lowest BCUT2D eigenvalue weighted by molar-refractivity contribution is -0.113. The number of hydrogen-bond acceptors (Lipinski definition) is 5. The number of H-pyrrole nitrogens is 1. The number of rotatable bonds is 8. The molecule has 1 amide bonds. The maximum absolute atomic E-state index is 12.6. The first-order chi connectivity index (χ1) is 13.4. The lowest BCUT2D eigenvalue weighted by Gasteiger charge is -2.19. The fraction of sp³-hybridized carbons (Fsp3) is 0.350. The number of nitrogens with one attached hydrogen (secondary N) is 1.